The molecule has 0 unspecified atom stereocenters. The lowest BCUT2D eigenvalue weighted by Crippen LogP contribution is -2.49. The molecule has 0 aromatic heterocycles. The van der Waals surface area contributed by atoms with E-state index in [4.69, 9.17) is 4.74 Å². The second-order valence-electron chi connectivity index (χ2n) is 6.33. The van der Waals surface area contributed by atoms with Crippen molar-refractivity contribution in [1.82, 2.24) is 10.2 Å². The summed E-state index contributed by atoms with van der Waals surface area (Å²) in [6.07, 6.45) is 2.93. The number of amides is 1. The number of nitrogens with one attached hydrogen (secondary N) is 1. The first-order valence-electron chi connectivity index (χ1n) is 7.76. The van der Waals surface area contributed by atoms with Gasteiger partial charge in [-0.1, -0.05) is 15.9 Å². The summed E-state index contributed by atoms with van der Waals surface area (Å²) in [6.45, 7) is 1.62. The molecule has 3 saturated heterocycles. The van der Waals surface area contributed by atoms with Crippen LogP contribution in [0.5, 0.6) is 0 Å². The Morgan fingerprint density at radius 2 is 2.05 bits per heavy atom. The number of benzene rings is 1. The van der Waals surface area contributed by atoms with Crippen molar-refractivity contribution in [2.24, 2.45) is 0 Å². The minimum absolute atomic E-state index is 0.0845. The third-order valence-corrected chi connectivity index (χ3v) is 5.46. The number of rotatable bonds is 1. The second-order valence-corrected chi connectivity index (χ2v) is 7.24. The molecule has 3 aliphatic heterocycles. The van der Waals surface area contributed by atoms with E-state index < -0.39 is 5.60 Å². The first kappa shape index (κ1) is 14.6. The maximum atomic E-state index is 13.7. The average molecular weight is 369 g/mol. The Labute approximate surface area is 137 Å². The lowest BCUT2D eigenvalue weighted by molar-refractivity contribution is -0.140. The van der Waals surface area contributed by atoms with Crippen LogP contribution in [-0.4, -0.2) is 35.7 Å². The molecule has 1 amide bonds. The molecule has 2 atom stereocenters. The normalized spacial score (nSPS) is 30.1. The summed E-state index contributed by atoms with van der Waals surface area (Å²) in [5, 5.41) is 3.27. The highest BCUT2D eigenvalue weighted by Crippen LogP contribution is 2.47. The van der Waals surface area contributed by atoms with E-state index in [1.807, 2.05) is 11.0 Å². The monoisotopic (exact) mass is 368 g/mol. The lowest BCUT2D eigenvalue weighted by atomic mass is 9.90. The van der Waals surface area contributed by atoms with Gasteiger partial charge in [0.25, 0.3) is 5.91 Å². The SMILES string of the molecule is O=C1N2[C@@H](CC[C@H]2c2cc(F)cc(Br)c2)OC12CCNCC2. The zero-order valence-corrected chi connectivity index (χ0v) is 13.7. The molecule has 1 aromatic rings. The Hall–Kier alpha value is -0.980. The summed E-state index contributed by atoms with van der Waals surface area (Å²) in [6, 6.07) is 4.78. The van der Waals surface area contributed by atoms with Gasteiger partial charge in [0.2, 0.25) is 0 Å². The highest BCUT2D eigenvalue weighted by molar-refractivity contribution is 9.10. The summed E-state index contributed by atoms with van der Waals surface area (Å²) in [5.41, 5.74) is 0.191. The number of nitrogens with zero attached hydrogens (tertiary/aromatic N) is 1. The molecule has 3 fully saturated rings. The van der Waals surface area contributed by atoms with Crippen LogP contribution in [0.3, 0.4) is 0 Å². The summed E-state index contributed by atoms with van der Waals surface area (Å²) in [5.74, 6) is -0.196. The van der Waals surface area contributed by atoms with E-state index in [2.05, 4.69) is 21.2 Å². The highest BCUT2D eigenvalue weighted by atomic mass is 79.9. The standard InChI is InChI=1S/C16H18BrFN2O2/c17-11-7-10(8-12(18)9-11)13-1-2-14-20(13)15(21)16(22-14)3-5-19-6-4-16/h7-9,13-14,19H,1-6H2/t13-,14+/m0/s1. The van der Waals surface area contributed by atoms with E-state index in [0.29, 0.717) is 4.47 Å². The smallest absolute Gasteiger partial charge is 0.257 e. The van der Waals surface area contributed by atoms with Gasteiger partial charge in [0.05, 0.1) is 6.04 Å². The van der Waals surface area contributed by atoms with Crippen LogP contribution in [-0.2, 0) is 9.53 Å². The van der Waals surface area contributed by atoms with Crippen LogP contribution in [0.4, 0.5) is 4.39 Å². The highest BCUT2D eigenvalue weighted by Gasteiger charge is 2.57. The number of halogens is 2. The van der Waals surface area contributed by atoms with Crippen molar-refractivity contribution in [3.05, 3.63) is 34.1 Å². The van der Waals surface area contributed by atoms with Crippen LogP contribution in [0, 0.1) is 5.82 Å². The number of piperidine rings is 1. The van der Waals surface area contributed by atoms with Gasteiger partial charge in [0.1, 0.15) is 12.0 Å². The van der Waals surface area contributed by atoms with E-state index in [-0.39, 0.29) is 24.0 Å². The molecule has 1 aromatic carbocycles. The molecule has 0 saturated carbocycles. The van der Waals surface area contributed by atoms with Gasteiger partial charge in [-0.3, -0.25) is 4.79 Å². The first-order valence-corrected chi connectivity index (χ1v) is 8.56. The fourth-order valence-electron chi connectivity index (χ4n) is 3.97. The van der Waals surface area contributed by atoms with Gasteiger partial charge in [-0.15, -0.1) is 0 Å². The molecule has 118 valence electrons. The molecule has 4 rings (SSSR count). The van der Waals surface area contributed by atoms with Gasteiger partial charge >= 0.3 is 0 Å². The number of ether oxygens (including phenoxy) is 1. The van der Waals surface area contributed by atoms with Crippen molar-refractivity contribution >= 4 is 21.8 Å². The predicted molar refractivity (Wildman–Crippen MR) is 82.6 cm³/mol. The fourth-order valence-corrected chi connectivity index (χ4v) is 4.45. The van der Waals surface area contributed by atoms with Crippen LogP contribution >= 0.6 is 15.9 Å². The molecular weight excluding hydrogens is 351 g/mol. The summed E-state index contributed by atoms with van der Waals surface area (Å²) >= 11 is 3.33. The zero-order chi connectivity index (χ0) is 15.3. The van der Waals surface area contributed by atoms with Crippen molar-refractivity contribution in [2.75, 3.05) is 13.1 Å². The minimum atomic E-state index is -0.654. The van der Waals surface area contributed by atoms with Crippen LogP contribution < -0.4 is 5.32 Å². The number of carbonyl (C=O) groups is 1. The van der Waals surface area contributed by atoms with Crippen molar-refractivity contribution in [3.63, 3.8) is 0 Å². The zero-order valence-electron chi connectivity index (χ0n) is 12.1. The molecule has 3 heterocycles. The van der Waals surface area contributed by atoms with Crippen molar-refractivity contribution in [3.8, 4) is 0 Å². The van der Waals surface area contributed by atoms with Gasteiger partial charge < -0.3 is 15.0 Å². The van der Waals surface area contributed by atoms with Gasteiger partial charge in [0, 0.05) is 4.47 Å². The van der Waals surface area contributed by atoms with Crippen LogP contribution in [0.25, 0.3) is 0 Å². The molecule has 6 heteroatoms. The van der Waals surface area contributed by atoms with Crippen molar-refractivity contribution in [2.45, 2.75) is 43.6 Å². The van der Waals surface area contributed by atoms with Gasteiger partial charge in [-0.25, -0.2) is 4.39 Å². The Balaban J connectivity index is 1.65. The summed E-state index contributed by atoms with van der Waals surface area (Å²) in [4.78, 5) is 14.8. The largest absolute Gasteiger partial charge is 0.342 e. The van der Waals surface area contributed by atoms with E-state index in [1.54, 1.807) is 0 Å². The topological polar surface area (TPSA) is 41.6 Å². The van der Waals surface area contributed by atoms with Gasteiger partial charge in [-0.05, 0) is 62.5 Å². The first-order chi connectivity index (χ1) is 10.6. The van der Waals surface area contributed by atoms with Gasteiger partial charge in [-0.2, -0.15) is 0 Å². The summed E-state index contributed by atoms with van der Waals surface area (Å²) < 4.78 is 20.6. The number of fused-ring (bicyclic) bond motifs is 1. The van der Waals surface area contributed by atoms with Crippen LogP contribution in [0.15, 0.2) is 22.7 Å². The van der Waals surface area contributed by atoms with Crippen molar-refractivity contribution < 1.29 is 13.9 Å². The Morgan fingerprint density at radius 1 is 1.27 bits per heavy atom. The Kier molecular flexibility index (Phi) is 3.51. The van der Waals surface area contributed by atoms with E-state index in [9.17, 15) is 9.18 Å². The molecule has 22 heavy (non-hydrogen) atoms. The molecule has 1 N–H and O–H groups in total. The maximum Gasteiger partial charge on any atom is 0.257 e. The van der Waals surface area contributed by atoms with Crippen LogP contribution in [0.2, 0.25) is 0 Å². The maximum absolute atomic E-state index is 13.7. The lowest BCUT2D eigenvalue weighted by Gasteiger charge is -2.32. The predicted octanol–water partition coefficient (Wildman–Crippen LogP) is 2.73. The average Bonchev–Trinajstić information content (AvgIpc) is 2.99. The molecular formula is C16H18BrFN2O2. The molecule has 4 nitrogen and oxygen atoms in total. The Morgan fingerprint density at radius 3 is 2.77 bits per heavy atom. The Bertz CT molecular complexity index is 598. The molecule has 3 aliphatic rings. The minimum Gasteiger partial charge on any atom is -0.342 e. The number of carbonyl (C=O) groups excluding carboxylic acids is 1. The quantitative estimate of drug-likeness (QED) is 0.828. The van der Waals surface area contributed by atoms with Crippen LogP contribution in [0.1, 0.15) is 37.3 Å². The molecule has 1 spiro atoms. The molecule has 0 radical (unpaired) electrons. The van der Waals surface area contributed by atoms with Crippen molar-refractivity contribution in [1.29, 1.82) is 0 Å². The van der Waals surface area contributed by atoms with E-state index in [1.165, 1.54) is 12.1 Å². The number of hydrogen-bond acceptors (Lipinski definition) is 3. The van der Waals surface area contributed by atoms with Gasteiger partial charge in [0.15, 0.2) is 5.60 Å². The second kappa shape index (κ2) is 5.28. The summed E-state index contributed by atoms with van der Waals surface area (Å²) in [7, 11) is 0. The van der Waals surface area contributed by atoms with E-state index in [0.717, 1.165) is 44.3 Å². The third-order valence-electron chi connectivity index (χ3n) is 5.00. The molecule has 0 aliphatic carbocycles. The van der Waals surface area contributed by atoms with E-state index >= 15 is 0 Å². The third kappa shape index (κ3) is 2.20. The molecule has 0 bridgehead atoms. The fraction of sp³-hybridized carbons (Fsp3) is 0.562. The number of hydrogen-bond donors (Lipinski definition) is 1.